The molecule has 0 aromatic heterocycles. The molecule has 2 unspecified atom stereocenters. The van der Waals surface area contributed by atoms with Crippen molar-refractivity contribution in [1.29, 1.82) is 0 Å². The molecular formula is C23H27ClF2N2O4S. The molecule has 33 heavy (non-hydrogen) atoms. The maximum atomic E-state index is 15.0. The van der Waals surface area contributed by atoms with E-state index in [-0.39, 0.29) is 35.5 Å². The molecule has 1 amide bonds. The van der Waals surface area contributed by atoms with Crippen LogP contribution < -0.4 is 9.46 Å². The van der Waals surface area contributed by atoms with Gasteiger partial charge in [0.15, 0.2) is 0 Å². The lowest BCUT2D eigenvalue weighted by Crippen LogP contribution is -2.56. The Morgan fingerprint density at radius 3 is 2.39 bits per heavy atom. The molecule has 1 saturated heterocycles. The van der Waals surface area contributed by atoms with Crippen LogP contribution in [0.3, 0.4) is 0 Å². The lowest BCUT2D eigenvalue weighted by Gasteiger charge is -2.57. The average Bonchev–Trinajstić information content (AvgIpc) is 3.51. The van der Waals surface area contributed by atoms with Gasteiger partial charge in [-0.3, -0.25) is 4.79 Å². The highest BCUT2D eigenvalue weighted by Gasteiger charge is 2.56. The number of nitrogens with zero attached hydrogens (tertiary/aromatic N) is 1. The molecule has 4 bridgehead atoms. The van der Waals surface area contributed by atoms with Crippen molar-refractivity contribution in [3.05, 3.63) is 29.1 Å². The van der Waals surface area contributed by atoms with Gasteiger partial charge in [0.05, 0.1) is 5.56 Å². The molecule has 5 aliphatic carbocycles. The van der Waals surface area contributed by atoms with Crippen molar-refractivity contribution in [1.82, 2.24) is 9.03 Å². The number of nitrogens with one attached hydrogen (secondary N) is 1. The number of ether oxygens (including phenoxy) is 1. The van der Waals surface area contributed by atoms with E-state index in [0.717, 1.165) is 54.8 Å². The van der Waals surface area contributed by atoms with Gasteiger partial charge in [-0.1, -0.05) is 0 Å². The Morgan fingerprint density at radius 1 is 1.15 bits per heavy atom. The normalized spacial score (nSPS) is 36.0. The Bertz CT molecular complexity index is 1090. The Hall–Kier alpha value is -1.45. The zero-order chi connectivity index (χ0) is 23.1. The van der Waals surface area contributed by atoms with E-state index in [2.05, 4.69) is 0 Å². The first-order valence-electron chi connectivity index (χ1n) is 11.8. The van der Waals surface area contributed by atoms with Crippen molar-refractivity contribution < 1.29 is 26.7 Å². The molecule has 7 rings (SSSR count). The summed E-state index contributed by atoms with van der Waals surface area (Å²) >= 11 is 6.84. The molecular weight excluding hydrogens is 474 g/mol. The fourth-order valence-corrected chi connectivity index (χ4v) is 8.40. The lowest BCUT2D eigenvalue weighted by atomic mass is 9.54. The van der Waals surface area contributed by atoms with Crippen LogP contribution >= 0.6 is 11.6 Å². The highest BCUT2D eigenvalue weighted by Crippen LogP contribution is 2.59. The average molecular weight is 501 g/mol. The van der Waals surface area contributed by atoms with E-state index in [1.54, 1.807) is 0 Å². The van der Waals surface area contributed by atoms with E-state index < -0.39 is 28.1 Å². The highest BCUT2D eigenvalue weighted by molar-refractivity contribution is 7.87. The van der Waals surface area contributed by atoms with Crippen LogP contribution in [-0.2, 0) is 10.2 Å². The molecule has 10 heteroatoms. The Kier molecular flexibility index (Phi) is 5.02. The van der Waals surface area contributed by atoms with Gasteiger partial charge in [0.25, 0.3) is 5.91 Å². The standard InChI is InChI=1S/C23H27ClF2N2O4S/c24-23-7-12-3-14(8-23)21(15(4-12)9-23)32-20-6-19(26)18(5-17(20)13-1-2-13)22(29)27-33(30,31)28-10-16(25)11-28/h5-6,12-16,21H,1-4,7-11H2,(H,27,29)/t12?,14?,15?,21-,23-. The van der Waals surface area contributed by atoms with Crippen molar-refractivity contribution in [3.8, 4) is 5.75 Å². The number of rotatable bonds is 6. The zero-order valence-electron chi connectivity index (χ0n) is 18.1. The molecule has 6 aliphatic rings. The minimum Gasteiger partial charge on any atom is -0.489 e. The minimum atomic E-state index is -4.20. The number of carbonyl (C=O) groups excluding carboxylic acids is 1. The number of hydrogen-bond acceptors (Lipinski definition) is 4. The molecule has 1 aliphatic heterocycles. The van der Waals surface area contributed by atoms with Crippen molar-refractivity contribution in [3.63, 3.8) is 0 Å². The molecule has 6 fully saturated rings. The van der Waals surface area contributed by atoms with E-state index in [9.17, 15) is 17.6 Å². The molecule has 1 heterocycles. The number of alkyl halides is 2. The van der Waals surface area contributed by atoms with Crippen LogP contribution in [0.5, 0.6) is 5.75 Å². The second-order valence-electron chi connectivity index (χ2n) is 10.7. The summed E-state index contributed by atoms with van der Waals surface area (Å²) in [5, 5.41) is 0. The first-order chi connectivity index (χ1) is 15.6. The van der Waals surface area contributed by atoms with Gasteiger partial charge < -0.3 is 4.74 Å². The third kappa shape index (κ3) is 3.93. The van der Waals surface area contributed by atoms with Crippen LogP contribution in [-0.4, -0.2) is 48.9 Å². The second kappa shape index (κ2) is 7.52. The molecule has 1 N–H and O–H groups in total. The molecule has 5 saturated carbocycles. The number of carbonyl (C=O) groups is 1. The van der Waals surface area contributed by atoms with E-state index in [1.165, 1.54) is 12.1 Å². The predicted octanol–water partition coefficient (Wildman–Crippen LogP) is 3.90. The van der Waals surface area contributed by atoms with E-state index >= 15 is 4.39 Å². The number of amides is 1. The Balaban J connectivity index is 1.24. The van der Waals surface area contributed by atoms with Gasteiger partial charge in [0.2, 0.25) is 0 Å². The fourth-order valence-electron chi connectivity index (χ4n) is 6.60. The lowest BCUT2D eigenvalue weighted by molar-refractivity contribution is -0.0700. The molecule has 2 atom stereocenters. The Morgan fingerprint density at radius 2 is 1.82 bits per heavy atom. The SMILES string of the molecule is O=C(NS(=O)(=O)N1CC(F)C1)c1cc(C2CC2)c(O[C@H]2C3CC4CC2C[C@](Cl)(C4)C3)cc1F. The molecule has 1 aromatic rings. The van der Waals surface area contributed by atoms with Crippen LogP contribution in [0.4, 0.5) is 8.78 Å². The van der Waals surface area contributed by atoms with Gasteiger partial charge in [-0.25, -0.2) is 13.5 Å². The summed E-state index contributed by atoms with van der Waals surface area (Å²) in [5.74, 6) is 0.0992. The minimum absolute atomic E-state index is 0.00885. The summed E-state index contributed by atoms with van der Waals surface area (Å²) < 4.78 is 61.7. The number of hydrogen-bond donors (Lipinski definition) is 1. The summed E-state index contributed by atoms with van der Waals surface area (Å²) in [6, 6.07) is 2.66. The van der Waals surface area contributed by atoms with Crippen LogP contribution in [0, 0.1) is 23.6 Å². The van der Waals surface area contributed by atoms with Crippen LogP contribution in [0.25, 0.3) is 0 Å². The van der Waals surface area contributed by atoms with Crippen molar-refractivity contribution in [2.24, 2.45) is 17.8 Å². The van der Waals surface area contributed by atoms with Crippen LogP contribution in [0.2, 0.25) is 0 Å². The largest absolute Gasteiger partial charge is 0.489 e. The van der Waals surface area contributed by atoms with Crippen molar-refractivity contribution in [2.45, 2.75) is 68.0 Å². The van der Waals surface area contributed by atoms with Gasteiger partial charge >= 0.3 is 10.2 Å². The molecule has 1 aromatic carbocycles. The van der Waals surface area contributed by atoms with Gasteiger partial charge in [-0.15, -0.1) is 11.6 Å². The third-order valence-corrected chi connectivity index (χ3v) is 9.99. The van der Waals surface area contributed by atoms with Crippen LogP contribution in [0.15, 0.2) is 12.1 Å². The fraction of sp³-hybridized carbons (Fsp3) is 0.696. The topological polar surface area (TPSA) is 75.7 Å². The summed E-state index contributed by atoms with van der Waals surface area (Å²) in [5.41, 5.74) is 0.413. The van der Waals surface area contributed by atoms with Gasteiger partial charge in [0, 0.05) is 24.0 Å². The number of benzene rings is 1. The maximum absolute atomic E-state index is 15.0. The first kappa shape index (κ1) is 22.0. The van der Waals surface area contributed by atoms with Crippen molar-refractivity contribution in [2.75, 3.05) is 13.1 Å². The summed E-state index contributed by atoms with van der Waals surface area (Å²) in [6.07, 6.45) is 5.66. The van der Waals surface area contributed by atoms with E-state index in [1.807, 2.05) is 4.72 Å². The van der Waals surface area contributed by atoms with Crippen molar-refractivity contribution >= 4 is 27.7 Å². The monoisotopic (exact) mass is 500 g/mol. The maximum Gasteiger partial charge on any atom is 0.304 e. The molecule has 0 spiro atoms. The molecule has 6 nitrogen and oxygen atoms in total. The quantitative estimate of drug-likeness (QED) is 0.601. The van der Waals surface area contributed by atoms with Crippen LogP contribution in [0.1, 0.15) is 66.8 Å². The molecule has 180 valence electrons. The second-order valence-corrected chi connectivity index (χ2v) is 13.2. The van der Waals surface area contributed by atoms with Gasteiger partial charge in [-0.2, -0.15) is 12.7 Å². The first-order valence-corrected chi connectivity index (χ1v) is 13.6. The summed E-state index contributed by atoms with van der Waals surface area (Å²) in [6.45, 7) is -0.612. The van der Waals surface area contributed by atoms with E-state index in [0.29, 0.717) is 23.5 Å². The Labute approximate surface area is 197 Å². The zero-order valence-corrected chi connectivity index (χ0v) is 19.7. The summed E-state index contributed by atoms with van der Waals surface area (Å²) in [7, 11) is -4.20. The summed E-state index contributed by atoms with van der Waals surface area (Å²) in [4.78, 5) is 12.5. The highest BCUT2D eigenvalue weighted by atomic mass is 35.5. The third-order valence-electron chi connectivity index (χ3n) is 8.10. The predicted molar refractivity (Wildman–Crippen MR) is 118 cm³/mol. The molecule has 0 radical (unpaired) electrons. The van der Waals surface area contributed by atoms with Gasteiger partial charge in [-0.05, 0) is 80.2 Å². The number of halogens is 3. The van der Waals surface area contributed by atoms with E-state index in [4.69, 9.17) is 16.3 Å². The van der Waals surface area contributed by atoms with Gasteiger partial charge in [0.1, 0.15) is 23.8 Å². The smallest absolute Gasteiger partial charge is 0.304 e.